The van der Waals surface area contributed by atoms with Crippen LogP contribution in [0.1, 0.15) is 19.4 Å². The highest BCUT2D eigenvalue weighted by Gasteiger charge is 2.12. The van der Waals surface area contributed by atoms with Crippen LogP contribution in [0.5, 0.6) is 5.75 Å². The number of carbonyl (C=O) groups excluding carboxylic acids is 1. The molecular formula is C18H22N2O2. The van der Waals surface area contributed by atoms with E-state index >= 15 is 0 Å². The fourth-order valence-corrected chi connectivity index (χ4v) is 2.13. The number of hydrogen-bond donors (Lipinski definition) is 1. The molecule has 4 nitrogen and oxygen atoms in total. The maximum atomic E-state index is 12.3. The Kier molecular flexibility index (Phi) is 5.83. The lowest BCUT2D eigenvalue weighted by Crippen LogP contribution is -2.34. The SMILES string of the molecule is CCOc1ccc(NC(=O)N(CC)Cc2ccccc2)cc1. The van der Waals surface area contributed by atoms with Crippen molar-refractivity contribution in [1.29, 1.82) is 0 Å². The summed E-state index contributed by atoms with van der Waals surface area (Å²) < 4.78 is 5.39. The zero-order valence-corrected chi connectivity index (χ0v) is 13.1. The van der Waals surface area contributed by atoms with E-state index in [-0.39, 0.29) is 6.03 Å². The molecule has 0 unspecified atom stereocenters. The molecule has 0 atom stereocenters. The summed E-state index contributed by atoms with van der Waals surface area (Å²) in [6.45, 7) is 5.80. The number of hydrogen-bond acceptors (Lipinski definition) is 2. The Morgan fingerprint density at radius 3 is 2.32 bits per heavy atom. The summed E-state index contributed by atoms with van der Waals surface area (Å²) in [5, 5.41) is 2.91. The predicted octanol–water partition coefficient (Wildman–Crippen LogP) is 4.14. The molecule has 0 bridgehead atoms. The van der Waals surface area contributed by atoms with Crippen LogP contribution in [0.15, 0.2) is 54.6 Å². The maximum Gasteiger partial charge on any atom is 0.322 e. The van der Waals surface area contributed by atoms with Crippen molar-refractivity contribution in [3.63, 3.8) is 0 Å². The molecule has 0 aliphatic carbocycles. The molecule has 22 heavy (non-hydrogen) atoms. The highest BCUT2D eigenvalue weighted by molar-refractivity contribution is 5.89. The first-order valence-electron chi connectivity index (χ1n) is 7.55. The standard InChI is InChI=1S/C18H22N2O2/c1-3-20(14-15-8-6-5-7-9-15)18(21)19-16-10-12-17(13-11-16)22-4-2/h5-13H,3-4,14H2,1-2H3,(H,19,21). The van der Waals surface area contributed by atoms with Gasteiger partial charge < -0.3 is 15.0 Å². The third kappa shape index (κ3) is 4.52. The number of urea groups is 1. The van der Waals surface area contributed by atoms with Gasteiger partial charge in [-0.25, -0.2) is 4.79 Å². The van der Waals surface area contributed by atoms with Crippen LogP contribution < -0.4 is 10.1 Å². The minimum Gasteiger partial charge on any atom is -0.494 e. The molecule has 0 fully saturated rings. The predicted molar refractivity (Wildman–Crippen MR) is 89.2 cm³/mol. The summed E-state index contributed by atoms with van der Waals surface area (Å²) in [4.78, 5) is 14.1. The number of rotatable bonds is 6. The average molecular weight is 298 g/mol. The highest BCUT2D eigenvalue weighted by atomic mass is 16.5. The van der Waals surface area contributed by atoms with Gasteiger partial charge in [0.25, 0.3) is 0 Å². The topological polar surface area (TPSA) is 41.6 Å². The van der Waals surface area contributed by atoms with Crippen molar-refractivity contribution in [1.82, 2.24) is 4.90 Å². The van der Waals surface area contributed by atoms with Crippen LogP contribution >= 0.6 is 0 Å². The lowest BCUT2D eigenvalue weighted by atomic mass is 10.2. The van der Waals surface area contributed by atoms with Gasteiger partial charge in [0.05, 0.1) is 6.61 Å². The van der Waals surface area contributed by atoms with Crippen molar-refractivity contribution in [3.8, 4) is 5.75 Å². The molecule has 2 rings (SSSR count). The van der Waals surface area contributed by atoms with Crippen LogP contribution in [0.25, 0.3) is 0 Å². The minimum absolute atomic E-state index is 0.101. The Labute approximate surface area is 131 Å². The van der Waals surface area contributed by atoms with Gasteiger partial charge in [0.2, 0.25) is 0 Å². The van der Waals surface area contributed by atoms with Crippen molar-refractivity contribution >= 4 is 11.7 Å². The molecule has 1 N–H and O–H groups in total. The van der Waals surface area contributed by atoms with Crippen LogP contribution in [-0.2, 0) is 6.54 Å². The number of amides is 2. The Hall–Kier alpha value is -2.49. The van der Waals surface area contributed by atoms with Crippen molar-refractivity contribution in [3.05, 3.63) is 60.2 Å². The zero-order chi connectivity index (χ0) is 15.8. The molecule has 2 amide bonds. The Bertz CT molecular complexity index is 582. The quantitative estimate of drug-likeness (QED) is 0.871. The third-order valence-corrected chi connectivity index (χ3v) is 3.30. The molecule has 0 aliphatic rings. The van der Waals surface area contributed by atoms with Crippen LogP contribution in [0, 0.1) is 0 Å². The molecule has 2 aromatic carbocycles. The highest BCUT2D eigenvalue weighted by Crippen LogP contribution is 2.16. The fourth-order valence-electron chi connectivity index (χ4n) is 2.13. The maximum absolute atomic E-state index is 12.3. The number of anilines is 1. The first kappa shape index (κ1) is 15.9. The normalized spacial score (nSPS) is 10.1. The van der Waals surface area contributed by atoms with E-state index in [0.29, 0.717) is 19.7 Å². The van der Waals surface area contributed by atoms with Gasteiger partial charge >= 0.3 is 6.03 Å². The number of nitrogens with zero attached hydrogens (tertiary/aromatic N) is 1. The largest absolute Gasteiger partial charge is 0.494 e. The molecular weight excluding hydrogens is 276 g/mol. The van der Waals surface area contributed by atoms with Crippen molar-refractivity contribution < 1.29 is 9.53 Å². The molecule has 0 radical (unpaired) electrons. The first-order valence-corrected chi connectivity index (χ1v) is 7.55. The lowest BCUT2D eigenvalue weighted by molar-refractivity contribution is 0.212. The number of ether oxygens (including phenoxy) is 1. The smallest absolute Gasteiger partial charge is 0.322 e. The van der Waals surface area contributed by atoms with E-state index in [0.717, 1.165) is 17.0 Å². The monoisotopic (exact) mass is 298 g/mol. The van der Waals surface area contributed by atoms with Gasteiger partial charge in [-0.2, -0.15) is 0 Å². The number of nitrogens with one attached hydrogen (secondary N) is 1. The number of benzene rings is 2. The minimum atomic E-state index is -0.101. The first-order chi connectivity index (χ1) is 10.7. The van der Waals surface area contributed by atoms with Gasteiger partial charge in [-0.05, 0) is 43.7 Å². The van der Waals surface area contributed by atoms with Gasteiger partial charge in [0.15, 0.2) is 0 Å². The second-order valence-electron chi connectivity index (χ2n) is 4.89. The Balaban J connectivity index is 1.96. The molecule has 0 saturated heterocycles. The molecule has 0 saturated carbocycles. The summed E-state index contributed by atoms with van der Waals surface area (Å²) in [6, 6.07) is 17.3. The van der Waals surface area contributed by atoms with E-state index in [1.54, 1.807) is 4.90 Å². The van der Waals surface area contributed by atoms with Gasteiger partial charge in [-0.1, -0.05) is 30.3 Å². The van der Waals surface area contributed by atoms with Crippen LogP contribution in [0.3, 0.4) is 0 Å². The summed E-state index contributed by atoms with van der Waals surface area (Å²) in [5.41, 5.74) is 1.88. The Morgan fingerprint density at radius 2 is 1.73 bits per heavy atom. The summed E-state index contributed by atoms with van der Waals surface area (Å²) in [6.07, 6.45) is 0. The average Bonchev–Trinajstić information content (AvgIpc) is 2.55. The third-order valence-electron chi connectivity index (χ3n) is 3.30. The van der Waals surface area contributed by atoms with Crippen LogP contribution in [-0.4, -0.2) is 24.1 Å². The van der Waals surface area contributed by atoms with E-state index in [4.69, 9.17) is 4.74 Å². The summed E-state index contributed by atoms with van der Waals surface area (Å²) in [5.74, 6) is 0.803. The summed E-state index contributed by atoms with van der Waals surface area (Å²) >= 11 is 0. The second-order valence-corrected chi connectivity index (χ2v) is 4.89. The van der Waals surface area contributed by atoms with Gasteiger partial charge in [-0.15, -0.1) is 0 Å². The van der Waals surface area contributed by atoms with Crippen molar-refractivity contribution in [2.75, 3.05) is 18.5 Å². The zero-order valence-electron chi connectivity index (χ0n) is 13.1. The summed E-state index contributed by atoms with van der Waals surface area (Å²) in [7, 11) is 0. The van der Waals surface area contributed by atoms with E-state index in [1.807, 2.05) is 68.4 Å². The molecule has 4 heteroatoms. The number of carbonyl (C=O) groups is 1. The van der Waals surface area contributed by atoms with Crippen molar-refractivity contribution in [2.45, 2.75) is 20.4 Å². The lowest BCUT2D eigenvalue weighted by Gasteiger charge is -2.21. The van der Waals surface area contributed by atoms with E-state index < -0.39 is 0 Å². The molecule has 2 aromatic rings. The van der Waals surface area contributed by atoms with Crippen LogP contribution in [0.2, 0.25) is 0 Å². The van der Waals surface area contributed by atoms with Gasteiger partial charge in [0.1, 0.15) is 5.75 Å². The van der Waals surface area contributed by atoms with E-state index in [9.17, 15) is 4.79 Å². The van der Waals surface area contributed by atoms with Gasteiger partial charge in [0, 0.05) is 18.8 Å². The van der Waals surface area contributed by atoms with Crippen molar-refractivity contribution in [2.24, 2.45) is 0 Å². The molecule has 116 valence electrons. The second kappa shape index (κ2) is 8.08. The van der Waals surface area contributed by atoms with Crippen LogP contribution in [0.4, 0.5) is 10.5 Å². The molecule has 0 aliphatic heterocycles. The molecule has 0 heterocycles. The Morgan fingerprint density at radius 1 is 1.05 bits per heavy atom. The van der Waals surface area contributed by atoms with Gasteiger partial charge in [-0.3, -0.25) is 0 Å². The molecule has 0 aromatic heterocycles. The molecule has 0 spiro atoms. The van der Waals surface area contributed by atoms with E-state index in [1.165, 1.54) is 0 Å². The fraction of sp³-hybridized carbons (Fsp3) is 0.278. The van der Waals surface area contributed by atoms with E-state index in [2.05, 4.69) is 5.32 Å².